The van der Waals surface area contributed by atoms with Crippen molar-refractivity contribution in [2.45, 2.75) is 6.54 Å². The molecule has 0 radical (unpaired) electrons. The summed E-state index contributed by atoms with van der Waals surface area (Å²) >= 11 is 0. The van der Waals surface area contributed by atoms with Crippen LogP contribution in [0.15, 0.2) is 40.8 Å². The Balaban J connectivity index is 1.73. The Kier molecular flexibility index (Phi) is 4.50. The lowest BCUT2D eigenvalue weighted by Crippen LogP contribution is -2.21. The van der Waals surface area contributed by atoms with Gasteiger partial charge in [-0.15, -0.1) is 0 Å². The van der Waals surface area contributed by atoms with Crippen LogP contribution in [0.5, 0.6) is 0 Å². The number of hydrogen-bond donors (Lipinski definition) is 2. The third-order valence-electron chi connectivity index (χ3n) is 3.46. The van der Waals surface area contributed by atoms with E-state index in [1.165, 1.54) is 6.26 Å². The number of fused-ring (bicyclic) bond motifs is 1. The van der Waals surface area contributed by atoms with E-state index in [0.717, 1.165) is 10.9 Å². The molecule has 3 N–H and O–H groups in total. The van der Waals surface area contributed by atoms with Crippen LogP contribution >= 0.6 is 0 Å². The summed E-state index contributed by atoms with van der Waals surface area (Å²) in [6.45, 7) is 0.798. The molecular weight excluding hydrogens is 328 g/mol. The number of nitrogens with two attached hydrogens (primary N) is 1. The number of sulfone groups is 1. The van der Waals surface area contributed by atoms with E-state index in [0.29, 0.717) is 36.3 Å². The summed E-state index contributed by atoms with van der Waals surface area (Å²) in [6, 6.07) is 11.1. The second-order valence-electron chi connectivity index (χ2n) is 5.52. The van der Waals surface area contributed by atoms with E-state index in [1.54, 1.807) is 12.1 Å². The Labute approximate surface area is 139 Å². The van der Waals surface area contributed by atoms with Gasteiger partial charge in [-0.2, -0.15) is 0 Å². The number of nitrogens with one attached hydrogen (secondary N) is 1. The van der Waals surface area contributed by atoms with Gasteiger partial charge in [0.15, 0.2) is 11.6 Å². The number of nitrogens with zero attached hydrogens (tertiary/aromatic N) is 2. The molecule has 0 aliphatic carbocycles. The molecule has 0 atom stereocenters. The predicted molar refractivity (Wildman–Crippen MR) is 93.1 cm³/mol. The van der Waals surface area contributed by atoms with Gasteiger partial charge >= 0.3 is 0 Å². The van der Waals surface area contributed by atoms with Crippen LogP contribution in [0, 0.1) is 0 Å². The average molecular weight is 346 g/mol. The second kappa shape index (κ2) is 6.58. The van der Waals surface area contributed by atoms with Crippen LogP contribution in [0.2, 0.25) is 0 Å². The van der Waals surface area contributed by atoms with Crippen LogP contribution in [-0.4, -0.2) is 36.9 Å². The zero-order chi connectivity index (χ0) is 17.2. The maximum Gasteiger partial charge on any atom is 0.198 e. The van der Waals surface area contributed by atoms with Crippen molar-refractivity contribution >= 4 is 26.6 Å². The fraction of sp³-hybridized carbons (Fsp3) is 0.250. The molecule has 3 rings (SSSR count). The highest BCUT2D eigenvalue weighted by molar-refractivity contribution is 7.90. The topological polar surface area (TPSA) is 111 Å². The smallest absolute Gasteiger partial charge is 0.198 e. The molecule has 2 aromatic heterocycles. The van der Waals surface area contributed by atoms with E-state index in [-0.39, 0.29) is 5.75 Å². The number of furan rings is 1. The first kappa shape index (κ1) is 16.4. The van der Waals surface area contributed by atoms with Gasteiger partial charge in [-0.25, -0.2) is 18.4 Å². The summed E-state index contributed by atoms with van der Waals surface area (Å²) in [7, 11) is -2.97. The molecular formula is C16H18N4O3S. The molecule has 0 saturated heterocycles. The molecule has 0 saturated carbocycles. The van der Waals surface area contributed by atoms with Gasteiger partial charge in [-0.3, -0.25) is 0 Å². The van der Waals surface area contributed by atoms with Gasteiger partial charge in [0.2, 0.25) is 0 Å². The fourth-order valence-corrected chi connectivity index (χ4v) is 2.79. The summed E-state index contributed by atoms with van der Waals surface area (Å²) in [4.78, 5) is 8.75. The first-order valence-corrected chi connectivity index (χ1v) is 9.48. The molecule has 0 unspecified atom stereocenters. The van der Waals surface area contributed by atoms with Gasteiger partial charge in [0, 0.05) is 18.2 Å². The summed E-state index contributed by atoms with van der Waals surface area (Å²) in [5, 5.41) is 3.83. The molecule has 8 heteroatoms. The Morgan fingerprint density at radius 3 is 2.75 bits per heavy atom. The predicted octanol–water partition coefficient (Wildman–Crippen LogP) is 1.61. The van der Waals surface area contributed by atoms with Crippen LogP contribution in [0.25, 0.3) is 22.5 Å². The van der Waals surface area contributed by atoms with Crippen molar-refractivity contribution in [3.63, 3.8) is 0 Å². The molecule has 126 valence electrons. The molecule has 3 aromatic rings. The van der Waals surface area contributed by atoms with Crippen molar-refractivity contribution in [2.24, 2.45) is 0 Å². The van der Waals surface area contributed by atoms with E-state index in [9.17, 15) is 8.42 Å². The Morgan fingerprint density at radius 1 is 1.17 bits per heavy atom. The zero-order valence-electron chi connectivity index (χ0n) is 13.2. The summed E-state index contributed by atoms with van der Waals surface area (Å²) in [6.07, 6.45) is 1.21. The molecule has 24 heavy (non-hydrogen) atoms. The van der Waals surface area contributed by atoms with Gasteiger partial charge in [0.1, 0.15) is 21.4 Å². The largest absolute Gasteiger partial charge is 0.456 e. The number of hydrogen-bond acceptors (Lipinski definition) is 7. The highest BCUT2D eigenvalue weighted by atomic mass is 32.2. The van der Waals surface area contributed by atoms with Crippen molar-refractivity contribution in [3.8, 4) is 11.6 Å². The minimum Gasteiger partial charge on any atom is -0.456 e. The van der Waals surface area contributed by atoms with Gasteiger partial charge in [-0.1, -0.05) is 12.1 Å². The molecule has 0 aliphatic heterocycles. The Bertz CT molecular complexity index is 966. The van der Waals surface area contributed by atoms with Crippen LogP contribution in [0.1, 0.15) is 5.76 Å². The standard InChI is InChI=1S/C16H18N4O3S/c1-24(21,22)9-8-18-10-11-6-7-14(23-11)16-19-13-5-3-2-4-12(13)15(17)20-16/h2-7,18H,8-10H2,1H3,(H2,17,19,20). The van der Waals surface area contributed by atoms with Crippen molar-refractivity contribution in [2.75, 3.05) is 24.3 Å². The lowest BCUT2D eigenvalue weighted by molar-refractivity contribution is 0.495. The number of rotatable bonds is 6. The monoisotopic (exact) mass is 346 g/mol. The third kappa shape index (κ3) is 3.90. The van der Waals surface area contributed by atoms with E-state index >= 15 is 0 Å². The van der Waals surface area contributed by atoms with Gasteiger partial charge < -0.3 is 15.5 Å². The van der Waals surface area contributed by atoms with Crippen LogP contribution in [0.4, 0.5) is 5.82 Å². The van der Waals surface area contributed by atoms with Gasteiger partial charge in [0.25, 0.3) is 0 Å². The summed E-state index contributed by atoms with van der Waals surface area (Å²) in [5.41, 5.74) is 6.73. The molecule has 0 spiro atoms. The molecule has 0 aliphatic rings. The lowest BCUT2D eigenvalue weighted by Gasteiger charge is -2.03. The number of anilines is 1. The van der Waals surface area contributed by atoms with E-state index in [2.05, 4.69) is 15.3 Å². The average Bonchev–Trinajstić information content (AvgIpc) is 3.00. The van der Waals surface area contributed by atoms with Crippen LogP contribution < -0.4 is 11.1 Å². The first-order chi connectivity index (χ1) is 11.4. The SMILES string of the molecule is CS(=O)(=O)CCNCc1ccc(-c2nc(N)c3ccccc3n2)o1. The quantitative estimate of drug-likeness (QED) is 0.652. The minimum absolute atomic E-state index is 0.0882. The van der Waals surface area contributed by atoms with Crippen LogP contribution in [-0.2, 0) is 16.4 Å². The normalized spacial score (nSPS) is 11.9. The maximum atomic E-state index is 11.1. The van der Waals surface area contributed by atoms with Crippen molar-refractivity contribution in [1.82, 2.24) is 15.3 Å². The van der Waals surface area contributed by atoms with E-state index in [4.69, 9.17) is 10.2 Å². The molecule has 0 bridgehead atoms. The molecule has 7 nitrogen and oxygen atoms in total. The van der Waals surface area contributed by atoms with E-state index in [1.807, 2.05) is 24.3 Å². The maximum absolute atomic E-state index is 11.1. The van der Waals surface area contributed by atoms with Gasteiger partial charge in [-0.05, 0) is 24.3 Å². The van der Waals surface area contributed by atoms with E-state index < -0.39 is 9.84 Å². The van der Waals surface area contributed by atoms with Crippen LogP contribution in [0.3, 0.4) is 0 Å². The first-order valence-electron chi connectivity index (χ1n) is 7.42. The highest BCUT2D eigenvalue weighted by Crippen LogP contribution is 2.24. The minimum atomic E-state index is -2.97. The molecule has 0 amide bonds. The zero-order valence-corrected chi connectivity index (χ0v) is 14.0. The van der Waals surface area contributed by atoms with Crippen molar-refractivity contribution in [3.05, 3.63) is 42.2 Å². The third-order valence-corrected chi connectivity index (χ3v) is 4.41. The highest BCUT2D eigenvalue weighted by Gasteiger charge is 2.11. The molecule has 1 aromatic carbocycles. The Hall–Kier alpha value is -2.45. The van der Waals surface area contributed by atoms with Crippen molar-refractivity contribution in [1.29, 1.82) is 0 Å². The second-order valence-corrected chi connectivity index (χ2v) is 7.78. The molecule has 2 heterocycles. The van der Waals surface area contributed by atoms with Crippen molar-refractivity contribution < 1.29 is 12.8 Å². The number of nitrogen functional groups attached to an aromatic ring is 1. The fourth-order valence-electron chi connectivity index (χ4n) is 2.27. The number of benzene rings is 1. The number of aromatic nitrogens is 2. The molecule has 0 fully saturated rings. The van der Waals surface area contributed by atoms with Gasteiger partial charge in [0.05, 0.1) is 17.8 Å². The Morgan fingerprint density at radius 2 is 1.96 bits per heavy atom. The lowest BCUT2D eigenvalue weighted by atomic mass is 10.2. The number of para-hydroxylation sites is 1. The summed E-state index contributed by atoms with van der Waals surface area (Å²) in [5.74, 6) is 2.11. The summed E-state index contributed by atoms with van der Waals surface area (Å²) < 4.78 is 27.9.